The first-order chi connectivity index (χ1) is 22.2. The van der Waals surface area contributed by atoms with Crippen molar-refractivity contribution in [1.82, 2.24) is 20.9 Å². The zero-order valence-electron chi connectivity index (χ0n) is 26.5. The summed E-state index contributed by atoms with van der Waals surface area (Å²) in [5, 5.41) is 3.15. The average Bonchev–Trinajstić information content (AvgIpc) is 3.72. The SMILES string of the molecule is COc1ccc(C2C/C(=C3\C=CC=CC3=O)NN2C(C)=O)cc1.COc1ccc(C2C/C(=C3\C=CC=CC3=O)NN2C(C)=O)cc1.[Mn]. The molecule has 0 bridgehead atoms. The number of rotatable bonds is 4. The van der Waals surface area contributed by atoms with Gasteiger partial charge >= 0.3 is 0 Å². The fourth-order valence-corrected chi connectivity index (χ4v) is 5.66. The predicted octanol–water partition coefficient (Wildman–Crippen LogP) is 4.88. The number of amides is 2. The summed E-state index contributed by atoms with van der Waals surface area (Å²) in [5.74, 6) is 1.25. The summed E-state index contributed by atoms with van der Waals surface area (Å²) in [6.07, 6.45) is 14.8. The van der Waals surface area contributed by atoms with Gasteiger partial charge in [0.1, 0.15) is 11.5 Å². The summed E-state index contributed by atoms with van der Waals surface area (Å²) in [5.41, 5.74) is 10.9. The Hall–Kier alpha value is -5.12. The maximum absolute atomic E-state index is 12.0. The molecule has 10 nitrogen and oxygen atoms in total. The van der Waals surface area contributed by atoms with E-state index in [-0.39, 0.29) is 52.5 Å². The second kappa shape index (κ2) is 15.4. The van der Waals surface area contributed by atoms with Crippen LogP contribution in [-0.2, 0) is 36.2 Å². The van der Waals surface area contributed by atoms with E-state index < -0.39 is 0 Å². The van der Waals surface area contributed by atoms with Crippen molar-refractivity contribution in [3.63, 3.8) is 0 Å². The summed E-state index contributed by atoms with van der Waals surface area (Å²) in [7, 11) is 3.23. The Kier molecular flexibility index (Phi) is 11.4. The van der Waals surface area contributed by atoms with Crippen LogP contribution >= 0.6 is 0 Å². The van der Waals surface area contributed by atoms with Gasteiger partial charge in [0.2, 0.25) is 11.8 Å². The molecule has 0 spiro atoms. The molecule has 2 atom stereocenters. The van der Waals surface area contributed by atoms with Crippen LogP contribution in [0.3, 0.4) is 0 Å². The van der Waals surface area contributed by atoms with E-state index in [4.69, 9.17) is 9.47 Å². The van der Waals surface area contributed by atoms with Crippen molar-refractivity contribution in [2.45, 2.75) is 38.8 Å². The molecular formula is C36H36MnN4O6. The largest absolute Gasteiger partial charge is 0.497 e. The number of carbonyl (C=O) groups excluding carboxylic acids is 4. The first-order valence-corrected chi connectivity index (χ1v) is 14.9. The van der Waals surface area contributed by atoms with Crippen LogP contribution in [0, 0.1) is 0 Å². The van der Waals surface area contributed by atoms with Crippen LogP contribution in [0.1, 0.15) is 49.9 Å². The van der Waals surface area contributed by atoms with Crippen molar-refractivity contribution in [2.24, 2.45) is 0 Å². The number of methoxy groups -OCH3 is 2. The van der Waals surface area contributed by atoms with E-state index in [0.29, 0.717) is 24.0 Å². The van der Waals surface area contributed by atoms with Crippen LogP contribution in [0.15, 0.2) is 120 Å². The summed E-state index contributed by atoms with van der Waals surface area (Å²) in [6, 6.07) is 14.9. The Balaban J connectivity index is 0.000000208. The van der Waals surface area contributed by atoms with E-state index in [0.717, 1.165) is 34.0 Å². The standard InChI is InChI=1S/2C18H18N2O3.Mn/c2*1-12(21)20-17(13-7-9-14(23-2)10-8-13)11-16(19-20)15-5-3-4-6-18(15)22;/h2*3-10,17,19H,11H2,1-2H3;/b2*16-15-;. The molecule has 2 heterocycles. The minimum absolute atomic E-state index is 0. The van der Waals surface area contributed by atoms with Crippen LogP contribution in [-0.4, -0.2) is 47.6 Å². The fraction of sp³-hybridized carbons (Fsp3) is 0.222. The van der Waals surface area contributed by atoms with Crippen molar-refractivity contribution in [3.8, 4) is 11.5 Å². The molecule has 2 saturated heterocycles. The molecule has 0 aromatic heterocycles. The zero-order chi connectivity index (χ0) is 32.8. The van der Waals surface area contributed by atoms with Gasteiger partial charge < -0.3 is 9.47 Å². The number of hydrogen-bond acceptors (Lipinski definition) is 8. The van der Waals surface area contributed by atoms with Crippen molar-refractivity contribution in [2.75, 3.05) is 14.2 Å². The number of ketones is 2. The van der Waals surface area contributed by atoms with E-state index in [1.807, 2.05) is 60.7 Å². The topological polar surface area (TPSA) is 117 Å². The van der Waals surface area contributed by atoms with Gasteiger partial charge in [-0.2, -0.15) is 0 Å². The third-order valence-corrected chi connectivity index (χ3v) is 8.03. The first kappa shape index (κ1) is 34.7. The van der Waals surface area contributed by atoms with Gasteiger partial charge in [-0.25, -0.2) is 10.0 Å². The van der Waals surface area contributed by atoms with E-state index >= 15 is 0 Å². The van der Waals surface area contributed by atoms with Gasteiger partial charge in [-0.15, -0.1) is 0 Å². The molecule has 2 fully saturated rings. The maximum atomic E-state index is 12.0. The molecule has 2 unspecified atom stereocenters. The van der Waals surface area contributed by atoms with Crippen LogP contribution in [0.25, 0.3) is 0 Å². The van der Waals surface area contributed by atoms with Crippen molar-refractivity contribution >= 4 is 23.4 Å². The van der Waals surface area contributed by atoms with Crippen molar-refractivity contribution in [1.29, 1.82) is 0 Å². The molecule has 2 aromatic rings. The van der Waals surface area contributed by atoms with Crippen LogP contribution in [0.4, 0.5) is 0 Å². The summed E-state index contributed by atoms with van der Waals surface area (Å²) in [4.78, 5) is 48.0. The molecule has 6 rings (SSSR count). The molecule has 1 radical (unpaired) electrons. The van der Waals surface area contributed by atoms with Gasteiger partial charge in [0.05, 0.1) is 26.3 Å². The van der Waals surface area contributed by atoms with E-state index in [2.05, 4.69) is 10.9 Å². The van der Waals surface area contributed by atoms with Crippen molar-refractivity contribution in [3.05, 3.63) is 131 Å². The Labute approximate surface area is 284 Å². The monoisotopic (exact) mass is 675 g/mol. The number of nitrogens with zero attached hydrogens (tertiary/aromatic N) is 2. The molecule has 2 N–H and O–H groups in total. The first-order valence-electron chi connectivity index (χ1n) is 14.9. The Bertz CT molecular complexity index is 1590. The van der Waals surface area contributed by atoms with Crippen molar-refractivity contribution < 1.29 is 45.7 Å². The van der Waals surface area contributed by atoms with Gasteiger partial charge in [0.15, 0.2) is 11.6 Å². The summed E-state index contributed by atoms with van der Waals surface area (Å²) >= 11 is 0. The van der Waals surface area contributed by atoms with Gasteiger partial charge in [-0.1, -0.05) is 48.6 Å². The number of benzene rings is 2. The van der Waals surface area contributed by atoms with Gasteiger partial charge in [-0.05, 0) is 59.7 Å². The number of hydrogen-bond donors (Lipinski definition) is 2. The van der Waals surface area contributed by atoms with E-state index in [1.165, 1.54) is 26.0 Å². The molecule has 0 saturated carbocycles. The Morgan fingerprint density at radius 3 is 1.26 bits per heavy atom. The Morgan fingerprint density at radius 1 is 0.617 bits per heavy atom. The smallest absolute Gasteiger partial charge is 0.238 e. The molecule has 2 aliphatic carbocycles. The number of ether oxygens (including phenoxy) is 2. The fourth-order valence-electron chi connectivity index (χ4n) is 5.66. The Morgan fingerprint density at radius 2 is 0.957 bits per heavy atom. The normalized spacial score (nSPS) is 22.6. The van der Waals surface area contributed by atoms with Crippen LogP contribution in [0.2, 0.25) is 0 Å². The third kappa shape index (κ3) is 7.82. The molecule has 47 heavy (non-hydrogen) atoms. The maximum Gasteiger partial charge on any atom is 0.238 e. The third-order valence-electron chi connectivity index (χ3n) is 8.03. The van der Waals surface area contributed by atoms with E-state index in [1.54, 1.807) is 48.5 Å². The molecule has 243 valence electrons. The average molecular weight is 676 g/mol. The second-order valence-corrected chi connectivity index (χ2v) is 10.9. The molecule has 4 aliphatic rings. The molecule has 11 heteroatoms. The number of hydrazine groups is 2. The number of carbonyl (C=O) groups is 4. The van der Waals surface area contributed by atoms with Gasteiger partial charge in [0, 0.05) is 66.3 Å². The second-order valence-electron chi connectivity index (χ2n) is 10.9. The van der Waals surface area contributed by atoms with Crippen LogP contribution < -0.4 is 20.3 Å². The molecule has 2 aliphatic heterocycles. The number of allylic oxidation sites excluding steroid dienone is 10. The summed E-state index contributed by atoms with van der Waals surface area (Å²) < 4.78 is 10.3. The summed E-state index contributed by atoms with van der Waals surface area (Å²) in [6.45, 7) is 3.02. The van der Waals surface area contributed by atoms with Crippen LogP contribution in [0.5, 0.6) is 11.5 Å². The minimum atomic E-state index is -0.145. The predicted molar refractivity (Wildman–Crippen MR) is 173 cm³/mol. The molecule has 2 aromatic carbocycles. The minimum Gasteiger partial charge on any atom is -0.497 e. The zero-order valence-corrected chi connectivity index (χ0v) is 27.7. The quantitative estimate of drug-likeness (QED) is 0.348. The van der Waals surface area contributed by atoms with Gasteiger partial charge in [0.25, 0.3) is 0 Å². The van der Waals surface area contributed by atoms with Gasteiger partial charge in [-0.3, -0.25) is 30.0 Å². The molecule has 2 amide bonds. The number of nitrogens with one attached hydrogen (secondary N) is 2. The van der Waals surface area contributed by atoms with E-state index in [9.17, 15) is 19.2 Å². The molecular weight excluding hydrogens is 639 g/mol.